The molecule has 94 valence electrons. The van der Waals surface area contributed by atoms with E-state index in [4.69, 9.17) is 4.74 Å². The average molecular weight is 228 g/mol. The van der Waals surface area contributed by atoms with Crippen LogP contribution in [-0.4, -0.2) is 49.7 Å². The fourth-order valence-corrected chi connectivity index (χ4v) is 2.26. The molecule has 0 saturated carbocycles. The van der Waals surface area contributed by atoms with Gasteiger partial charge in [0.15, 0.2) is 0 Å². The Morgan fingerprint density at radius 3 is 2.88 bits per heavy atom. The molecule has 3 unspecified atom stereocenters. The van der Waals surface area contributed by atoms with E-state index in [0.29, 0.717) is 18.6 Å². The molecule has 0 spiro atoms. The first kappa shape index (κ1) is 13.5. The second-order valence-corrected chi connectivity index (χ2v) is 4.78. The maximum Gasteiger partial charge on any atom is 0.322 e. The van der Waals surface area contributed by atoms with Crippen molar-refractivity contribution in [2.75, 3.05) is 26.7 Å². The Balaban J connectivity index is 2.38. The predicted octanol–water partition coefficient (Wildman–Crippen LogP) is 0.868. The van der Waals surface area contributed by atoms with Crippen LogP contribution in [0.4, 0.5) is 0 Å². The van der Waals surface area contributed by atoms with Gasteiger partial charge in [-0.1, -0.05) is 6.92 Å². The molecule has 4 heteroatoms. The van der Waals surface area contributed by atoms with Crippen molar-refractivity contribution in [3.05, 3.63) is 0 Å². The minimum absolute atomic E-state index is 0.145. The lowest BCUT2D eigenvalue weighted by atomic mass is 9.93. The summed E-state index contributed by atoms with van der Waals surface area (Å²) in [5.41, 5.74) is 0. The minimum atomic E-state index is -0.198. The van der Waals surface area contributed by atoms with Crippen LogP contribution in [-0.2, 0) is 9.53 Å². The van der Waals surface area contributed by atoms with Crippen molar-refractivity contribution in [3.8, 4) is 0 Å². The number of hydrogen-bond acceptors (Lipinski definition) is 4. The number of hydrogen-bond donors (Lipinski definition) is 1. The highest BCUT2D eigenvalue weighted by Gasteiger charge is 2.27. The summed E-state index contributed by atoms with van der Waals surface area (Å²) in [5, 5.41) is 3.37. The molecule has 0 aliphatic carbocycles. The van der Waals surface area contributed by atoms with Crippen LogP contribution in [0.15, 0.2) is 0 Å². The van der Waals surface area contributed by atoms with E-state index < -0.39 is 0 Å². The van der Waals surface area contributed by atoms with Gasteiger partial charge in [0.05, 0.1) is 6.61 Å². The van der Waals surface area contributed by atoms with Gasteiger partial charge in [0.1, 0.15) is 6.04 Å². The first-order valence-electron chi connectivity index (χ1n) is 6.15. The van der Waals surface area contributed by atoms with E-state index in [1.807, 2.05) is 13.8 Å². The summed E-state index contributed by atoms with van der Waals surface area (Å²) in [6.45, 7) is 8.58. The Labute approximate surface area is 98.3 Å². The monoisotopic (exact) mass is 228 g/mol. The second-order valence-electron chi connectivity index (χ2n) is 4.78. The first-order chi connectivity index (χ1) is 7.54. The first-order valence-corrected chi connectivity index (χ1v) is 6.15. The van der Waals surface area contributed by atoms with Crippen LogP contribution in [0, 0.1) is 5.92 Å². The summed E-state index contributed by atoms with van der Waals surface area (Å²) < 4.78 is 4.99. The molecule has 0 aromatic rings. The number of ether oxygens (including phenoxy) is 1. The predicted molar refractivity (Wildman–Crippen MR) is 64.3 cm³/mol. The van der Waals surface area contributed by atoms with E-state index in [1.165, 1.54) is 0 Å². The minimum Gasteiger partial charge on any atom is -0.465 e. The quantitative estimate of drug-likeness (QED) is 0.725. The summed E-state index contributed by atoms with van der Waals surface area (Å²) >= 11 is 0. The maximum atomic E-state index is 11.5. The van der Waals surface area contributed by atoms with Crippen LogP contribution in [0.5, 0.6) is 0 Å². The molecule has 0 aromatic carbocycles. The van der Waals surface area contributed by atoms with Crippen molar-refractivity contribution in [2.24, 2.45) is 5.92 Å². The van der Waals surface area contributed by atoms with E-state index in [1.54, 1.807) is 0 Å². The number of piperidine rings is 1. The molecule has 1 rings (SSSR count). The third kappa shape index (κ3) is 3.76. The summed E-state index contributed by atoms with van der Waals surface area (Å²) in [7, 11) is 2.14. The Bertz CT molecular complexity index is 233. The van der Waals surface area contributed by atoms with Gasteiger partial charge < -0.3 is 15.0 Å². The molecule has 3 atom stereocenters. The van der Waals surface area contributed by atoms with Gasteiger partial charge in [-0.3, -0.25) is 4.79 Å². The third-order valence-corrected chi connectivity index (χ3v) is 3.21. The topological polar surface area (TPSA) is 41.6 Å². The zero-order valence-electron chi connectivity index (χ0n) is 10.8. The van der Waals surface area contributed by atoms with Gasteiger partial charge in [0, 0.05) is 12.6 Å². The third-order valence-electron chi connectivity index (χ3n) is 3.21. The lowest BCUT2D eigenvalue weighted by molar-refractivity contribution is -0.145. The van der Waals surface area contributed by atoms with Crippen LogP contribution < -0.4 is 5.32 Å². The normalized spacial score (nSPS) is 28.8. The maximum absolute atomic E-state index is 11.5. The van der Waals surface area contributed by atoms with Crippen molar-refractivity contribution in [2.45, 2.75) is 39.3 Å². The van der Waals surface area contributed by atoms with Crippen LogP contribution in [0.25, 0.3) is 0 Å². The number of carbonyl (C=O) groups excluding carboxylic acids is 1. The van der Waals surface area contributed by atoms with Gasteiger partial charge in [-0.25, -0.2) is 0 Å². The molecule has 4 nitrogen and oxygen atoms in total. The van der Waals surface area contributed by atoms with Crippen molar-refractivity contribution in [1.82, 2.24) is 10.2 Å². The van der Waals surface area contributed by atoms with Gasteiger partial charge in [-0.2, -0.15) is 0 Å². The number of nitrogens with zero attached hydrogens (tertiary/aromatic N) is 1. The lowest BCUT2D eigenvalue weighted by Crippen LogP contribution is -2.51. The van der Waals surface area contributed by atoms with Gasteiger partial charge in [-0.15, -0.1) is 0 Å². The molecule has 16 heavy (non-hydrogen) atoms. The largest absolute Gasteiger partial charge is 0.465 e. The van der Waals surface area contributed by atoms with Crippen LogP contribution in [0.3, 0.4) is 0 Å². The molecule has 1 fully saturated rings. The highest BCUT2D eigenvalue weighted by molar-refractivity contribution is 5.75. The van der Waals surface area contributed by atoms with Crippen LogP contribution >= 0.6 is 0 Å². The highest BCUT2D eigenvalue weighted by atomic mass is 16.5. The van der Waals surface area contributed by atoms with Crippen molar-refractivity contribution in [3.63, 3.8) is 0 Å². The fraction of sp³-hybridized carbons (Fsp3) is 0.917. The van der Waals surface area contributed by atoms with Gasteiger partial charge in [-0.05, 0) is 39.8 Å². The molecular formula is C12H24N2O2. The number of esters is 1. The molecule has 1 aliphatic heterocycles. The number of rotatable bonds is 4. The standard InChI is InChI=1S/C12H24N2O2/c1-5-16-12(15)10(3)13-11-6-7-14(4)8-9(11)2/h9-11,13H,5-8H2,1-4H3. The molecule has 1 heterocycles. The molecule has 0 aromatic heterocycles. The molecule has 0 radical (unpaired) electrons. The van der Waals surface area contributed by atoms with E-state index >= 15 is 0 Å². The lowest BCUT2D eigenvalue weighted by Gasteiger charge is -2.36. The molecule has 0 amide bonds. The van der Waals surface area contributed by atoms with Gasteiger partial charge in [0.2, 0.25) is 0 Å². The molecule has 1 aliphatic rings. The number of carbonyl (C=O) groups is 1. The molecular weight excluding hydrogens is 204 g/mol. The molecule has 0 bridgehead atoms. The Morgan fingerprint density at radius 1 is 1.62 bits per heavy atom. The zero-order valence-corrected chi connectivity index (χ0v) is 10.8. The zero-order chi connectivity index (χ0) is 12.1. The Morgan fingerprint density at radius 2 is 2.31 bits per heavy atom. The van der Waals surface area contributed by atoms with Gasteiger partial charge >= 0.3 is 5.97 Å². The molecule has 1 N–H and O–H groups in total. The smallest absolute Gasteiger partial charge is 0.322 e. The SMILES string of the molecule is CCOC(=O)C(C)NC1CCN(C)CC1C. The van der Waals surface area contributed by atoms with E-state index in [-0.39, 0.29) is 12.0 Å². The Hall–Kier alpha value is -0.610. The van der Waals surface area contributed by atoms with Gasteiger partial charge in [0.25, 0.3) is 0 Å². The fourth-order valence-electron chi connectivity index (χ4n) is 2.26. The van der Waals surface area contributed by atoms with E-state index in [9.17, 15) is 4.79 Å². The summed E-state index contributed by atoms with van der Waals surface area (Å²) in [6, 6.07) is 0.228. The summed E-state index contributed by atoms with van der Waals surface area (Å²) in [4.78, 5) is 13.8. The van der Waals surface area contributed by atoms with Crippen molar-refractivity contribution < 1.29 is 9.53 Å². The number of likely N-dealkylation sites (tertiary alicyclic amines) is 1. The van der Waals surface area contributed by atoms with Crippen LogP contribution in [0.2, 0.25) is 0 Å². The molecule has 1 saturated heterocycles. The van der Waals surface area contributed by atoms with Crippen LogP contribution in [0.1, 0.15) is 27.2 Å². The number of nitrogens with one attached hydrogen (secondary N) is 1. The highest BCUT2D eigenvalue weighted by Crippen LogP contribution is 2.15. The van der Waals surface area contributed by atoms with E-state index in [2.05, 4.69) is 24.2 Å². The van der Waals surface area contributed by atoms with Crippen molar-refractivity contribution >= 4 is 5.97 Å². The average Bonchev–Trinajstić information content (AvgIpc) is 2.22. The summed E-state index contributed by atoms with van der Waals surface area (Å²) in [6.07, 6.45) is 1.10. The second kappa shape index (κ2) is 6.21. The van der Waals surface area contributed by atoms with Crippen molar-refractivity contribution in [1.29, 1.82) is 0 Å². The van der Waals surface area contributed by atoms with E-state index in [0.717, 1.165) is 19.5 Å². The summed E-state index contributed by atoms with van der Waals surface area (Å²) in [5.74, 6) is 0.434. The Kier molecular flexibility index (Phi) is 5.22.